The lowest BCUT2D eigenvalue weighted by Gasteiger charge is -2.04. The van der Waals surface area contributed by atoms with Crippen LogP contribution in [-0.4, -0.2) is 27.6 Å². The van der Waals surface area contributed by atoms with Gasteiger partial charge < -0.3 is 20.1 Å². The number of phenolic OH excluding ortho intramolecular Hbond substituents is 2. The van der Waals surface area contributed by atoms with E-state index in [1.807, 2.05) is 0 Å². The molecule has 8 heteroatoms. The molecule has 1 aromatic carbocycles. The zero-order valence-electron chi connectivity index (χ0n) is 7.61. The molecule has 0 aliphatic heterocycles. The summed E-state index contributed by atoms with van der Waals surface area (Å²) in [4.78, 5) is 28.5. The maximum absolute atomic E-state index is 10.5. The first-order valence-electron chi connectivity index (χ1n) is 3.80. The Bertz CT molecular complexity index is 412. The van der Waals surface area contributed by atoms with Gasteiger partial charge in [0, 0.05) is 6.07 Å². The van der Waals surface area contributed by atoms with Gasteiger partial charge in [0.1, 0.15) is 5.75 Å². The number of ether oxygens (including phenoxy) is 1. The second kappa shape index (κ2) is 4.73. The normalized spacial score (nSPS) is 9.25. The van der Waals surface area contributed by atoms with Crippen molar-refractivity contribution in [3.05, 3.63) is 18.2 Å². The molecule has 3 N–H and O–H groups in total. The summed E-state index contributed by atoms with van der Waals surface area (Å²) in [5.74, 6) is -1.04. The predicted octanol–water partition coefficient (Wildman–Crippen LogP) is 1.22. The van der Waals surface area contributed by atoms with E-state index in [-0.39, 0.29) is 11.5 Å². The number of carbonyl (C=O) groups excluding carboxylic acids is 1. The Kier molecular flexibility index (Phi) is 3.38. The maximum Gasteiger partial charge on any atom is 0.560 e. The van der Waals surface area contributed by atoms with E-state index in [4.69, 9.17) is 15.3 Å². The molecule has 0 aromatic heterocycles. The second-order valence-corrected chi connectivity index (χ2v) is 2.44. The summed E-state index contributed by atoms with van der Waals surface area (Å²) in [7, 11) is 0. The van der Waals surface area contributed by atoms with E-state index in [1.54, 1.807) is 0 Å². The Morgan fingerprint density at radius 1 is 1.19 bits per heavy atom. The molecule has 0 unspecified atom stereocenters. The summed E-state index contributed by atoms with van der Waals surface area (Å²) in [5, 5.41) is 26.1. The molecule has 0 bridgehead atoms. The first-order valence-corrected chi connectivity index (χ1v) is 3.80. The highest BCUT2D eigenvalue weighted by atomic mass is 17.2. The standard InChI is InChI=1S/C8H6O8/c9-4-1-2-5(10)6(3-4)15-16-8(13)14-7(11)12/h1-3,9-10H,(H,11,12). The molecule has 0 saturated heterocycles. The highest BCUT2D eigenvalue weighted by Crippen LogP contribution is 2.29. The van der Waals surface area contributed by atoms with Crippen LogP contribution in [0.15, 0.2) is 18.2 Å². The van der Waals surface area contributed by atoms with Gasteiger partial charge in [0.05, 0.1) is 0 Å². The van der Waals surface area contributed by atoms with Gasteiger partial charge >= 0.3 is 12.3 Å². The van der Waals surface area contributed by atoms with E-state index in [0.717, 1.165) is 18.2 Å². The SMILES string of the molecule is O=C(O)OC(=O)OOc1cc(O)ccc1O. The average Bonchev–Trinajstić information content (AvgIpc) is 2.18. The van der Waals surface area contributed by atoms with Gasteiger partial charge in [-0.25, -0.2) is 9.68 Å². The van der Waals surface area contributed by atoms with Crippen LogP contribution in [0.5, 0.6) is 17.2 Å². The molecule has 0 aliphatic rings. The van der Waals surface area contributed by atoms with Crippen LogP contribution in [-0.2, 0) is 9.62 Å². The summed E-state index contributed by atoms with van der Waals surface area (Å²) in [5.41, 5.74) is 0. The third kappa shape index (κ3) is 3.25. The van der Waals surface area contributed by atoms with E-state index in [9.17, 15) is 9.59 Å². The minimum absolute atomic E-state index is 0.247. The fourth-order valence-corrected chi connectivity index (χ4v) is 0.737. The molecule has 8 nitrogen and oxygen atoms in total. The Morgan fingerprint density at radius 3 is 2.50 bits per heavy atom. The summed E-state index contributed by atoms with van der Waals surface area (Å²) in [6.45, 7) is 0. The lowest BCUT2D eigenvalue weighted by atomic mass is 10.3. The molecule has 0 amide bonds. The van der Waals surface area contributed by atoms with Crippen LogP contribution in [0, 0.1) is 0 Å². The Balaban J connectivity index is 2.57. The molecule has 16 heavy (non-hydrogen) atoms. The van der Waals surface area contributed by atoms with E-state index >= 15 is 0 Å². The Labute approximate surface area is 88.1 Å². The molecule has 0 fully saturated rings. The molecule has 1 aromatic rings. The predicted molar refractivity (Wildman–Crippen MR) is 46.0 cm³/mol. The van der Waals surface area contributed by atoms with Crippen LogP contribution in [0.3, 0.4) is 0 Å². The highest BCUT2D eigenvalue weighted by molar-refractivity contribution is 5.75. The molecule has 1 rings (SSSR count). The van der Waals surface area contributed by atoms with Crippen molar-refractivity contribution in [2.45, 2.75) is 0 Å². The Morgan fingerprint density at radius 2 is 1.88 bits per heavy atom. The number of phenols is 2. The average molecular weight is 230 g/mol. The van der Waals surface area contributed by atoms with Crippen LogP contribution in [0.1, 0.15) is 0 Å². The van der Waals surface area contributed by atoms with E-state index in [1.165, 1.54) is 0 Å². The van der Waals surface area contributed by atoms with E-state index < -0.39 is 18.1 Å². The zero-order valence-corrected chi connectivity index (χ0v) is 7.61. The molecular formula is C8H6O8. The van der Waals surface area contributed by atoms with Crippen LogP contribution in [0.2, 0.25) is 0 Å². The van der Waals surface area contributed by atoms with Gasteiger partial charge in [-0.3, -0.25) is 4.89 Å². The summed E-state index contributed by atoms with van der Waals surface area (Å²) in [6.07, 6.45) is -3.50. The second-order valence-electron chi connectivity index (χ2n) is 2.44. The monoisotopic (exact) mass is 230 g/mol. The number of carbonyl (C=O) groups is 2. The lowest BCUT2D eigenvalue weighted by molar-refractivity contribution is -0.164. The van der Waals surface area contributed by atoms with Crippen LogP contribution in [0.4, 0.5) is 9.59 Å². The van der Waals surface area contributed by atoms with Gasteiger partial charge in [0.15, 0.2) is 5.75 Å². The largest absolute Gasteiger partial charge is 0.560 e. The van der Waals surface area contributed by atoms with Gasteiger partial charge in [-0.1, -0.05) is 0 Å². The van der Waals surface area contributed by atoms with Crippen LogP contribution < -0.4 is 4.89 Å². The summed E-state index contributed by atoms with van der Waals surface area (Å²) >= 11 is 0. The number of hydrogen-bond acceptors (Lipinski definition) is 7. The summed E-state index contributed by atoms with van der Waals surface area (Å²) in [6, 6.07) is 3.19. The van der Waals surface area contributed by atoms with Gasteiger partial charge in [-0.05, 0) is 12.1 Å². The number of hydrogen-bond donors (Lipinski definition) is 3. The van der Waals surface area contributed by atoms with Crippen molar-refractivity contribution in [3.63, 3.8) is 0 Å². The van der Waals surface area contributed by atoms with Gasteiger partial charge in [0.2, 0.25) is 5.75 Å². The van der Waals surface area contributed by atoms with E-state index in [2.05, 4.69) is 14.5 Å². The van der Waals surface area contributed by atoms with Gasteiger partial charge in [-0.2, -0.15) is 4.79 Å². The maximum atomic E-state index is 10.5. The zero-order chi connectivity index (χ0) is 12.1. The fraction of sp³-hybridized carbons (Fsp3) is 0. The van der Waals surface area contributed by atoms with Crippen LogP contribution >= 0.6 is 0 Å². The highest BCUT2D eigenvalue weighted by Gasteiger charge is 2.13. The van der Waals surface area contributed by atoms with E-state index in [0.29, 0.717) is 0 Å². The third-order valence-electron chi connectivity index (χ3n) is 1.31. The molecule has 0 aliphatic carbocycles. The molecule has 86 valence electrons. The molecule has 0 spiro atoms. The van der Waals surface area contributed by atoms with Crippen molar-refractivity contribution in [1.29, 1.82) is 0 Å². The van der Waals surface area contributed by atoms with Crippen LogP contribution in [0.25, 0.3) is 0 Å². The smallest absolute Gasteiger partial charge is 0.508 e. The number of rotatable bonds is 2. The third-order valence-corrected chi connectivity index (χ3v) is 1.31. The fourth-order valence-electron chi connectivity index (χ4n) is 0.737. The van der Waals surface area contributed by atoms with Crippen molar-refractivity contribution in [2.24, 2.45) is 0 Å². The number of benzene rings is 1. The molecule has 0 saturated carbocycles. The minimum Gasteiger partial charge on any atom is -0.508 e. The van der Waals surface area contributed by atoms with Gasteiger partial charge in [-0.15, -0.1) is 0 Å². The lowest BCUT2D eigenvalue weighted by Crippen LogP contribution is -2.13. The van der Waals surface area contributed by atoms with Crippen molar-refractivity contribution in [3.8, 4) is 17.2 Å². The number of carboxylic acid groups (broad SMARTS) is 1. The van der Waals surface area contributed by atoms with Crippen molar-refractivity contribution in [1.82, 2.24) is 0 Å². The van der Waals surface area contributed by atoms with Crippen molar-refractivity contribution >= 4 is 12.3 Å². The Hall–Kier alpha value is -2.64. The van der Waals surface area contributed by atoms with Gasteiger partial charge in [0.25, 0.3) is 0 Å². The topological polar surface area (TPSA) is 123 Å². The quantitative estimate of drug-likeness (QED) is 0.228. The number of aromatic hydroxyl groups is 2. The molecule has 0 radical (unpaired) electrons. The summed E-state index contributed by atoms with van der Waals surface area (Å²) < 4.78 is 3.53. The van der Waals surface area contributed by atoms with Crippen molar-refractivity contribution in [2.75, 3.05) is 0 Å². The first kappa shape index (κ1) is 11.4. The molecule has 0 atom stereocenters. The van der Waals surface area contributed by atoms with Crippen molar-refractivity contribution < 1.29 is 39.4 Å². The molecular weight excluding hydrogens is 224 g/mol. The molecule has 0 heterocycles. The first-order chi connectivity index (χ1) is 7.49. The minimum atomic E-state index is -1.87.